The molecule has 130 valence electrons. The second kappa shape index (κ2) is 10.1. The molecule has 1 aromatic carbocycles. The highest BCUT2D eigenvalue weighted by Crippen LogP contribution is 2.17. The van der Waals surface area contributed by atoms with Gasteiger partial charge in [-0.15, -0.1) is 5.10 Å². The summed E-state index contributed by atoms with van der Waals surface area (Å²) in [5.74, 6) is 0.906. The van der Waals surface area contributed by atoms with Gasteiger partial charge in [-0.2, -0.15) is 4.68 Å². The number of carbonyl (C=O) groups is 1. The van der Waals surface area contributed by atoms with Gasteiger partial charge in [-0.25, -0.2) is 0 Å². The highest BCUT2D eigenvalue weighted by atomic mass is 32.2. The van der Waals surface area contributed by atoms with Gasteiger partial charge in [-0.05, 0) is 34.9 Å². The molecule has 2 rings (SSSR count). The van der Waals surface area contributed by atoms with E-state index < -0.39 is 0 Å². The van der Waals surface area contributed by atoms with Crippen LogP contribution in [0.2, 0.25) is 0 Å². The van der Waals surface area contributed by atoms with Gasteiger partial charge >= 0.3 is 0 Å². The van der Waals surface area contributed by atoms with E-state index in [4.69, 9.17) is 0 Å². The fourth-order valence-corrected chi connectivity index (χ4v) is 3.10. The van der Waals surface area contributed by atoms with E-state index in [0.29, 0.717) is 16.8 Å². The van der Waals surface area contributed by atoms with Gasteiger partial charge in [0, 0.05) is 6.54 Å². The van der Waals surface area contributed by atoms with E-state index in [0.717, 1.165) is 18.7 Å². The van der Waals surface area contributed by atoms with E-state index in [1.165, 1.54) is 31.0 Å². The fraction of sp³-hybridized carbons (Fsp3) is 0.529. The molecule has 7 heteroatoms. The summed E-state index contributed by atoms with van der Waals surface area (Å²) in [4.78, 5) is 12.1. The topological polar surface area (TPSA) is 72.7 Å². The normalized spacial score (nSPS) is 12.1. The maximum atomic E-state index is 12.1. The van der Waals surface area contributed by atoms with Crippen LogP contribution in [0.3, 0.4) is 0 Å². The first-order valence-corrected chi connectivity index (χ1v) is 9.46. The highest BCUT2D eigenvalue weighted by Gasteiger charge is 2.12. The largest absolute Gasteiger partial charge is 0.355 e. The third-order valence-electron chi connectivity index (χ3n) is 3.91. The summed E-state index contributed by atoms with van der Waals surface area (Å²) in [5.41, 5.74) is 0.885. The summed E-state index contributed by atoms with van der Waals surface area (Å²) in [6, 6.07) is 9.66. The summed E-state index contributed by atoms with van der Waals surface area (Å²) < 4.78 is 1.65. The third kappa shape index (κ3) is 5.63. The Hall–Kier alpha value is -1.89. The Morgan fingerprint density at radius 3 is 2.79 bits per heavy atom. The molecule has 0 aliphatic carbocycles. The molecule has 1 atom stereocenters. The predicted molar refractivity (Wildman–Crippen MR) is 96.2 cm³/mol. The molecular weight excluding hydrogens is 322 g/mol. The molecule has 0 saturated carbocycles. The fourth-order valence-electron chi connectivity index (χ4n) is 2.38. The first-order chi connectivity index (χ1) is 11.7. The van der Waals surface area contributed by atoms with Gasteiger partial charge in [-0.1, -0.05) is 63.1 Å². The van der Waals surface area contributed by atoms with Gasteiger partial charge in [0.25, 0.3) is 0 Å². The minimum atomic E-state index is 0.0255. The van der Waals surface area contributed by atoms with E-state index in [1.54, 1.807) is 4.68 Å². The summed E-state index contributed by atoms with van der Waals surface area (Å²) in [6.45, 7) is 5.12. The van der Waals surface area contributed by atoms with Crippen LogP contribution in [0, 0.1) is 5.92 Å². The lowest BCUT2D eigenvalue weighted by molar-refractivity contribution is -0.118. The smallest absolute Gasteiger partial charge is 0.230 e. The molecule has 0 fully saturated rings. The number of aromatic nitrogens is 4. The Labute approximate surface area is 147 Å². The molecule has 0 unspecified atom stereocenters. The quantitative estimate of drug-likeness (QED) is 0.669. The van der Waals surface area contributed by atoms with Gasteiger partial charge in [0.1, 0.15) is 0 Å². The molecule has 1 heterocycles. The number of hydrogen-bond acceptors (Lipinski definition) is 5. The minimum Gasteiger partial charge on any atom is -0.355 e. The Bertz CT molecular complexity index is 616. The first-order valence-electron chi connectivity index (χ1n) is 8.47. The number of carbonyl (C=O) groups excluding carboxylic acids is 1. The lowest BCUT2D eigenvalue weighted by atomic mass is 9.99. The van der Waals surface area contributed by atoms with E-state index in [9.17, 15) is 4.79 Å². The number of amides is 1. The van der Waals surface area contributed by atoms with Crippen LogP contribution in [0.1, 0.15) is 39.5 Å². The van der Waals surface area contributed by atoms with Crippen LogP contribution in [0.5, 0.6) is 0 Å². The van der Waals surface area contributed by atoms with Gasteiger partial charge in [0.05, 0.1) is 11.4 Å². The lowest BCUT2D eigenvalue weighted by Gasteiger charge is -2.15. The second-order valence-corrected chi connectivity index (χ2v) is 6.66. The second-order valence-electron chi connectivity index (χ2n) is 5.72. The van der Waals surface area contributed by atoms with Crippen LogP contribution in [-0.2, 0) is 4.79 Å². The number of nitrogens with one attached hydrogen (secondary N) is 1. The maximum absolute atomic E-state index is 12.1. The third-order valence-corrected chi connectivity index (χ3v) is 4.82. The zero-order chi connectivity index (χ0) is 17.2. The molecule has 1 aromatic heterocycles. The molecule has 0 saturated heterocycles. The summed E-state index contributed by atoms with van der Waals surface area (Å²) in [7, 11) is 0. The molecule has 6 nitrogen and oxygen atoms in total. The molecule has 1 N–H and O–H groups in total. The van der Waals surface area contributed by atoms with Crippen molar-refractivity contribution in [1.82, 2.24) is 25.5 Å². The molecule has 1 amide bonds. The minimum absolute atomic E-state index is 0.0255. The van der Waals surface area contributed by atoms with Crippen molar-refractivity contribution >= 4 is 17.7 Å². The Morgan fingerprint density at radius 2 is 2.08 bits per heavy atom. The van der Waals surface area contributed by atoms with Crippen LogP contribution in [0.25, 0.3) is 5.69 Å². The molecule has 0 aliphatic heterocycles. The SMILES string of the molecule is CCCC[C@@H](CC)CNC(=O)CSc1nnnn1-c1ccccc1. The van der Waals surface area contributed by atoms with Crippen molar-refractivity contribution in [2.24, 2.45) is 5.92 Å². The number of rotatable bonds is 10. The summed E-state index contributed by atoms with van der Waals surface area (Å²) in [6.07, 6.45) is 4.68. The van der Waals surface area contributed by atoms with Crippen LogP contribution in [-0.4, -0.2) is 38.4 Å². The van der Waals surface area contributed by atoms with Crippen molar-refractivity contribution in [3.63, 3.8) is 0 Å². The summed E-state index contributed by atoms with van der Waals surface area (Å²) >= 11 is 1.35. The van der Waals surface area contributed by atoms with Crippen molar-refractivity contribution in [3.8, 4) is 5.69 Å². The standard InChI is InChI=1S/C17H25N5OS/c1-3-5-9-14(4-2)12-18-16(23)13-24-17-19-20-21-22(17)15-10-7-6-8-11-15/h6-8,10-11,14H,3-5,9,12-13H2,1-2H3,(H,18,23)/t14-/m1/s1. The molecule has 2 aromatic rings. The Balaban J connectivity index is 1.81. The Kier molecular flexibility index (Phi) is 7.74. The molecule has 0 bridgehead atoms. The molecule has 0 radical (unpaired) electrons. The number of para-hydroxylation sites is 1. The zero-order valence-electron chi connectivity index (χ0n) is 14.3. The van der Waals surface area contributed by atoms with Crippen LogP contribution >= 0.6 is 11.8 Å². The van der Waals surface area contributed by atoms with Crippen molar-refractivity contribution in [3.05, 3.63) is 30.3 Å². The summed E-state index contributed by atoms with van der Waals surface area (Å²) in [5, 5.41) is 15.3. The van der Waals surface area contributed by atoms with Crippen molar-refractivity contribution in [1.29, 1.82) is 0 Å². The Morgan fingerprint density at radius 1 is 1.29 bits per heavy atom. The number of unbranched alkanes of at least 4 members (excludes halogenated alkanes) is 1. The lowest BCUT2D eigenvalue weighted by Crippen LogP contribution is -2.30. The first kappa shape index (κ1) is 18.4. The number of benzene rings is 1. The van der Waals surface area contributed by atoms with Gasteiger partial charge < -0.3 is 5.32 Å². The highest BCUT2D eigenvalue weighted by molar-refractivity contribution is 7.99. The zero-order valence-corrected chi connectivity index (χ0v) is 15.1. The van der Waals surface area contributed by atoms with Crippen LogP contribution in [0.15, 0.2) is 35.5 Å². The van der Waals surface area contributed by atoms with E-state index in [-0.39, 0.29) is 5.91 Å². The average molecular weight is 347 g/mol. The maximum Gasteiger partial charge on any atom is 0.230 e. The molecule has 0 spiro atoms. The molecule has 24 heavy (non-hydrogen) atoms. The van der Waals surface area contributed by atoms with Crippen molar-refractivity contribution in [2.75, 3.05) is 12.3 Å². The van der Waals surface area contributed by atoms with Gasteiger partial charge in [0.15, 0.2) is 0 Å². The molecule has 0 aliphatic rings. The number of thioether (sulfide) groups is 1. The van der Waals surface area contributed by atoms with Crippen LogP contribution < -0.4 is 5.32 Å². The van der Waals surface area contributed by atoms with Crippen molar-refractivity contribution in [2.45, 2.75) is 44.7 Å². The van der Waals surface area contributed by atoms with E-state index >= 15 is 0 Å². The van der Waals surface area contributed by atoms with Crippen LogP contribution in [0.4, 0.5) is 0 Å². The number of hydrogen-bond donors (Lipinski definition) is 1. The van der Waals surface area contributed by atoms with Crippen molar-refractivity contribution < 1.29 is 4.79 Å². The van der Waals surface area contributed by atoms with E-state index in [2.05, 4.69) is 34.7 Å². The number of tetrazole rings is 1. The predicted octanol–water partition coefficient (Wildman–Crippen LogP) is 3.09. The monoisotopic (exact) mass is 347 g/mol. The van der Waals surface area contributed by atoms with Gasteiger partial charge in [-0.3, -0.25) is 4.79 Å². The van der Waals surface area contributed by atoms with Gasteiger partial charge in [0.2, 0.25) is 11.1 Å². The average Bonchev–Trinajstić information content (AvgIpc) is 3.09. The molecular formula is C17H25N5OS. The number of nitrogens with zero attached hydrogens (tertiary/aromatic N) is 4. The van der Waals surface area contributed by atoms with E-state index in [1.807, 2.05) is 30.3 Å².